The van der Waals surface area contributed by atoms with Crippen LogP contribution in [0.2, 0.25) is 0 Å². The summed E-state index contributed by atoms with van der Waals surface area (Å²) in [6.07, 6.45) is 2.45. The van der Waals surface area contributed by atoms with E-state index in [1.165, 1.54) is 0 Å². The topological polar surface area (TPSA) is 78.9 Å². The number of nitrogens with zero attached hydrogens (tertiary/aromatic N) is 1. The van der Waals surface area contributed by atoms with Crippen LogP contribution in [-0.4, -0.2) is 60.8 Å². The largest absolute Gasteiger partial charge is 0.481 e. The number of hydrogen-bond acceptors (Lipinski definition) is 4. The zero-order valence-corrected chi connectivity index (χ0v) is 10.6. The third-order valence-electron chi connectivity index (χ3n) is 3.59. The summed E-state index contributed by atoms with van der Waals surface area (Å²) >= 11 is 0. The molecule has 0 aromatic rings. The molecule has 102 valence electrons. The summed E-state index contributed by atoms with van der Waals surface area (Å²) in [5, 5.41) is 12.0. The average molecular weight is 256 g/mol. The second-order valence-corrected chi connectivity index (χ2v) is 5.10. The molecule has 1 aliphatic heterocycles. The van der Waals surface area contributed by atoms with Crippen molar-refractivity contribution in [2.45, 2.75) is 31.4 Å². The van der Waals surface area contributed by atoms with E-state index in [-0.39, 0.29) is 18.6 Å². The van der Waals surface area contributed by atoms with E-state index in [1.807, 2.05) is 0 Å². The van der Waals surface area contributed by atoms with E-state index in [9.17, 15) is 9.59 Å². The van der Waals surface area contributed by atoms with Crippen LogP contribution >= 0.6 is 0 Å². The summed E-state index contributed by atoms with van der Waals surface area (Å²) < 4.78 is 5.51. The van der Waals surface area contributed by atoms with Gasteiger partial charge in [-0.25, -0.2) is 0 Å². The summed E-state index contributed by atoms with van der Waals surface area (Å²) in [7, 11) is 1.79. The molecule has 2 fully saturated rings. The number of ether oxygens (including phenoxy) is 1. The molecule has 2 rings (SSSR count). The van der Waals surface area contributed by atoms with Crippen LogP contribution in [0, 0.1) is 5.92 Å². The van der Waals surface area contributed by atoms with Gasteiger partial charge in [-0.3, -0.25) is 9.59 Å². The maximum Gasteiger partial charge on any atom is 0.307 e. The van der Waals surface area contributed by atoms with Crippen LogP contribution in [0.1, 0.15) is 19.3 Å². The Morgan fingerprint density at radius 3 is 2.72 bits per heavy atom. The molecule has 1 saturated heterocycles. The van der Waals surface area contributed by atoms with Gasteiger partial charge in [0.1, 0.15) is 6.61 Å². The maximum atomic E-state index is 11.7. The van der Waals surface area contributed by atoms with Crippen molar-refractivity contribution in [1.29, 1.82) is 0 Å². The van der Waals surface area contributed by atoms with Gasteiger partial charge in [-0.15, -0.1) is 0 Å². The Morgan fingerprint density at radius 1 is 1.39 bits per heavy atom. The van der Waals surface area contributed by atoms with E-state index in [2.05, 4.69) is 5.32 Å². The first-order valence-corrected chi connectivity index (χ1v) is 6.38. The fraction of sp³-hybridized carbons (Fsp3) is 0.833. The molecule has 1 heterocycles. The van der Waals surface area contributed by atoms with Gasteiger partial charge in [-0.2, -0.15) is 0 Å². The number of nitrogens with one attached hydrogen (secondary N) is 1. The van der Waals surface area contributed by atoms with Crippen LogP contribution in [0.3, 0.4) is 0 Å². The minimum Gasteiger partial charge on any atom is -0.481 e. The van der Waals surface area contributed by atoms with E-state index < -0.39 is 11.9 Å². The van der Waals surface area contributed by atoms with Crippen molar-refractivity contribution in [3.63, 3.8) is 0 Å². The molecular weight excluding hydrogens is 236 g/mol. The first kappa shape index (κ1) is 13.3. The van der Waals surface area contributed by atoms with Crippen LogP contribution in [-0.2, 0) is 14.3 Å². The van der Waals surface area contributed by atoms with Crippen molar-refractivity contribution in [2.75, 3.05) is 26.7 Å². The molecule has 2 aliphatic rings. The first-order valence-electron chi connectivity index (χ1n) is 6.38. The molecule has 6 nitrogen and oxygen atoms in total. The number of carboxylic acids is 1. The lowest BCUT2D eigenvalue weighted by atomic mass is 9.98. The lowest BCUT2D eigenvalue weighted by Gasteiger charge is -2.28. The van der Waals surface area contributed by atoms with E-state index in [0.717, 1.165) is 12.8 Å². The zero-order chi connectivity index (χ0) is 13.1. The Hall–Kier alpha value is -1.14. The van der Waals surface area contributed by atoms with Gasteiger partial charge in [0.05, 0.1) is 12.0 Å². The first-order chi connectivity index (χ1) is 8.58. The van der Waals surface area contributed by atoms with Gasteiger partial charge in [-0.1, -0.05) is 0 Å². The highest BCUT2D eigenvalue weighted by Crippen LogP contribution is 2.25. The molecule has 0 radical (unpaired) electrons. The highest BCUT2D eigenvalue weighted by Gasteiger charge is 2.31. The molecule has 0 spiro atoms. The fourth-order valence-corrected chi connectivity index (χ4v) is 2.17. The lowest BCUT2D eigenvalue weighted by molar-refractivity contribution is -0.145. The quantitative estimate of drug-likeness (QED) is 0.705. The van der Waals surface area contributed by atoms with E-state index in [1.54, 1.807) is 11.9 Å². The van der Waals surface area contributed by atoms with Gasteiger partial charge in [-0.05, 0) is 19.3 Å². The van der Waals surface area contributed by atoms with Crippen molar-refractivity contribution in [1.82, 2.24) is 10.2 Å². The van der Waals surface area contributed by atoms with Crippen LogP contribution < -0.4 is 5.32 Å². The highest BCUT2D eigenvalue weighted by atomic mass is 16.5. The average Bonchev–Trinajstić information content (AvgIpc) is 3.19. The van der Waals surface area contributed by atoms with Gasteiger partial charge < -0.3 is 20.1 Å². The number of carbonyl (C=O) groups is 2. The van der Waals surface area contributed by atoms with Crippen LogP contribution in [0.25, 0.3) is 0 Å². The lowest BCUT2D eigenvalue weighted by Crippen LogP contribution is -2.45. The molecule has 2 N–H and O–H groups in total. The Labute approximate surface area is 106 Å². The molecule has 1 saturated carbocycles. The Morgan fingerprint density at radius 2 is 2.11 bits per heavy atom. The van der Waals surface area contributed by atoms with Gasteiger partial charge in [0.2, 0.25) is 5.91 Å². The van der Waals surface area contributed by atoms with Crippen LogP contribution in [0.15, 0.2) is 0 Å². The second-order valence-electron chi connectivity index (χ2n) is 5.10. The number of aliphatic carboxylic acids is 1. The third-order valence-corrected chi connectivity index (χ3v) is 3.59. The standard InChI is InChI=1S/C12H20N2O4/c1-14(9-2-3-9)11(15)7-18-10-4-8(12(16)17)5-13-6-10/h8-10,13H,2-7H2,1H3,(H,16,17). The molecule has 0 aromatic heterocycles. The molecule has 0 bridgehead atoms. The Bertz CT molecular complexity index is 330. The number of amides is 1. The number of likely N-dealkylation sites (N-methyl/N-ethyl adjacent to an activating group) is 1. The fourth-order valence-electron chi connectivity index (χ4n) is 2.17. The molecule has 18 heavy (non-hydrogen) atoms. The minimum absolute atomic E-state index is 0.0186. The normalized spacial score (nSPS) is 27.8. The highest BCUT2D eigenvalue weighted by molar-refractivity contribution is 5.77. The van der Waals surface area contributed by atoms with Crippen molar-refractivity contribution in [3.8, 4) is 0 Å². The third kappa shape index (κ3) is 3.43. The minimum atomic E-state index is -0.808. The van der Waals surface area contributed by atoms with Gasteiger partial charge in [0.15, 0.2) is 0 Å². The van der Waals surface area contributed by atoms with E-state index >= 15 is 0 Å². The summed E-state index contributed by atoms with van der Waals surface area (Å²) in [6, 6.07) is 0.386. The number of hydrogen-bond donors (Lipinski definition) is 2. The van der Waals surface area contributed by atoms with E-state index in [0.29, 0.717) is 25.6 Å². The maximum absolute atomic E-state index is 11.7. The second kappa shape index (κ2) is 5.67. The van der Waals surface area contributed by atoms with Gasteiger partial charge >= 0.3 is 5.97 Å². The SMILES string of the molecule is CN(C(=O)COC1CNCC(C(=O)O)C1)C1CC1. The predicted octanol–water partition coefficient (Wildman–Crippen LogP) is -0.313. The van der Waals surface area contributed by atoms with Gasteiger partial charge in [0.25, 0.3) is 0 Å². The monoisotopic (exact) mass is 256 g/mol. The summed E-state index contributed by atoms with van der Waals surface area (Å²) in [5.74, 6) is -1.24. The number of piperidine rings is 1. The summed E-state index contributed by atoms with van der Waals surface area (Å²) in [5.41, 5.74) is 0. The molecule has 2 unspecified atom stereocenters. The molecule has 0 aromatic carbocycles. The predicted molar refractivity (Wildman–Crippen MR) is 64.1 cm³/mol. The van der Waals surface area contributed by atoms with Crippen LogP contribution in [0.4, 0.5) is 0 Å². The molecule has 6 heteroatoms. The van der Waals surface area contributed by atoms with E-state index in [4.69, 9.17) is 9.84 Å². The number of carboxylic acid groups (broad SMARTS) is 1. The Kier molecular flexibility index (Phi) is 4.19. The van der Waals surface area contributed by atoms with Crippen molar-refractivity contribution in [3.05, 3.63) is 0 Å². The van der Waals surface area contributed by atoms with Crippen molar-refractivity contribution >= 4 is 11.9 Å². The number of rotatable bonds is 5. The summed E-state index contributed by atoms with van der Waals surface area (Å²) in [6.45, 7) is 1.14. The smallest absolute Gasteiger partial charge is 0.307 e. The number of carbonyl (C=O) groups excluding carboxylic acids is 1. The molecular formula is C12H20N2O4. The van der Waals surface area contributed by atoms with Crippen LogP contribution in [0.5, 0.6) is 0 Å². The molecule has 1 amide bonds. The summed E-state index contributed by atoms with van der Waals surface area (Å²) in [4.78, 5) is 24.3. The zero-order valence-electron chi connectivity index (χ0n) is 10.6. The van der Waals surface area contributed by atoms with Crippen molar-refractivity contribution < 1.29 is 19.4 Å². The molecule has 1 aliphatic carbocycles. The van der Waals surface area contributed by atoms with Crippen molar-refractivity contribution in [2.24, 2.45) is 5.92 Å². The molecule has 2 atom stereocenters. The Balaban J connectivity index is 1.72. The van der Waals surface area contributed by atoms with Gasteiger partial charge in [0, 0.05) is 26.2 Å².